The van der Waals surface area contributed by atoms with Gasteiger partial charge in [0.15, 0.2) is 0 Å². The van der Waals surface area contributed by atoms with Crippen LogP contribution in [0.3, 0.4) is 0 Å². The van der Waals surface area contributed by atoms with Crippen LogP contribution in [0, 0.1) is 17.2 Å². The molecule has 0 spiro atoms. The lowest BCUT2D eigenvalue weighted by molar-refractivity contribution is -0.121. The minimum Gasteiger partial charge on any atom is -0.342 e. The van der Waals surface area contributed by atoms with Crippen LogP contribution in [0.2, 0.25) is 5.02 Å². The Morgan fingerprint density at radius 3 is 3.17 bits per heavy atom. The van der Waals surface area contributed by atoms with Crippen molar-refractivity contribution < 1.29 is 4.79 Å². The highest BCUT2D eigenvalue weighted by atomic mass is 35.5. The molecule has 3 unspecified atom stereocenters. The molecule has 4 nitrogen and oxygen atoms in total. The van der Waals surface area contributed by atoms with Gasteiger partial charge >= 0.3 is 0 Å². The van der Waals surface area contributed by atoms with E-state index in [1.807, 2.05) is 37.4 Å². The molecule has 2 heterocycles. The third-order valence-electron chi connectivity index (χ3n) is 4.32. The number of allylic oxidation sites excluding steroid dienone is 1. The van der Waals surface area contributed by atoms with E-state index in [9.17, 15) is 10.1 Å². The monoisotopic (exact) mass is 359 g/mol. The van der Waals surface area contributed by atoms with Crippen molar-refractivity contribution in [3.05, 3.63) is 45.3 Å². The normalized spacial score (nSPS) is 23.5. The zero-order valence-electron chi connectivity index (χ0n) is 13.3. The predicted octanol–water partition coefficient (Wildman–Crippen LogP) is 3.89. The molecule has 0 aromatic heterocycles. The maximum Gasteiger partial charge on any atom is 0.221 e. The number of halogens is 1. The summed E-state index contributed by atoms with van der Waals surface area (Å²) in [7, 11) is 0. The molecule has 1 N–H and O–H groups in total. The van der Waals surface area contributed by atoms with E-state index in [0.717, 1.165) is 29.0 Å². The summed E-state index contributed by atoms with van der Waals surface area (Å²) in [5, 5.41) is 12.9. The summed E-state index contributed by atoms with van der Waals surface area (Å²) >= 11 is 7.55. The number of carbonyl (C=O) groups excluding carboxylic acids is 1. The van der Waals surface area contributed by atoms with Crippen LogP contribution in [-0.2, 0) is 4.79 Å². The van der Waals surface area contributed by atoms with Crippen LogP contribution in [0.15, 0.2) is 39.7 Å². The van der Waals surface area contributed by atoms with Gasteiger partial charge in [-0.15, -0.1) is 0 Å². The largest absolute Gasteiger partial charge is 0.342 e. The number of nitrogens with zero attached hydrogens (tertiary/aromatic N) is 2. The Hall–Kier alpha value is -1.77. The van der Waals surface area contributed by atoms with Gasteiger partial charge < -0.3 is 5.32 Å². The number of nitriles is 1. The highest BCUT2D eigenvalue weighted by Crippen LogP contribution is 2.42. The van der Waals surface area contributed by atoms with Crippen molar-refractivity contribution in [3.63, 3.8) is 0 Å². The Morgan fingerprint density at radius 2 is 2.42 bits per heavy atom. The summed E-state index contributed by atoms with van der Waals surface area (Å²) in [6, 6.07) is 9.91. The van der Waals surface area contributed by atoms with Crippen LogP contribution in [0.1, 0.15) is 31.2 Å². The molecule has 24 heavy (non-hydrogen) atoms. The van der Waals surface area contributed by atoms with Gasteiger partial charge in [0, 0.05) is 29.1 Å². The molecule has 1 aromatic rings. The quantitative estimate of drug-likeness (QED) is 0.886. The van der Waals surface area contributed by atoms with Crippen LogP contribution in [0.5, 0.6) is 0 Å². The van der Waals surface area contributed by atoms with Crippen LogP contribution in [-0.4, -0.2) is 24.0 Å². The van der Waals surface area contributed by atoms with Gasteiger partial charge in [0.05, 0.1) is 17.4 Å². The zero-order chi connectivity index (χ0) is 17.1. The van der Waals surface area contributed by atoms with Crippen molar-refractivity contribution in [1.29, 1.82) is 5.26 Å². The van der Waals surface area contributed by atoms with E-state index in [0.29, 0.717) is 11.4 Å². The Labute approximate surface area is 151 Å². The number of benzene rings is 1. The van der Waals surface area contributed by atoms with E-state index in [-0.39, 0.29) is 23.1 Å². The SMILES string of the molecule is CC(CC(=O)NC1SC2=C(CCN=C2)C1C#N)c1cccc(Cl)c1. The lowest BCUT2D eigenvalue weighted by atomic mass is 9.95. The average molecular weight is 360 g/mol. The van der Waals surface area contributed by atoms with Gasteiger partial charge in [0.2, 0.25) is 5.91 Å². The maximum absolute atomic E-state index is 12.4. The van der Waals surface area contributed by atoms with E-state index < -0.39 is 0 Å². The topological polar surface area (TPSA) is 65.2 Å². The van der Waals surface area contributed by atoms with Gasteiger partial charge in [0.25, 0.3) is 0 Å². The highest BCUT2D eigenvalue weighted by molar-refractivity contribution is 8.04. The smallest absolute Gasteiger partial charge is 0.221 e. The molecule has 2 aliphatic heterocycles. The molecule has 0 fully saturated rings. The third-order valence-corrected chi connectivity index (χ3v) is 5.82. The zero-order valence-corrected chi connectivity index (χ0v) is 14.9. The molecule has 0 bridgehead atoms. The summed E-state index contributed by atoms with van der Waals surface area (Å²) < 4.78 is 0. The van der Waals surface area contributed by atoms with Crippen LogP contribution in [0.4, 0.5) is 0 Å². The molecule has 3 rings (SSSR count). The van der Waals surface area contributed by atoms with Gasteiger partial charge in [-0.05, 0) is 35.6 Å². The first-order valence-corrected chi connectivity index (χ1v) is 9.18. The molecule has 0 saturated carbocycles. The molecule has 3 atom stereocenters. The Kier molecular flexibility index (Phi) is 5.27. The van der Waals surface area contributed by atoms with Gasteiger partial charge in [-0.2, -0.15) is 5.26 Å². The Morgan fingerprint density at radius 1 is 1.58 bits per heavy atom. The standard InChI is InChI=1S/C18H18ClN3OS/c1-11(12-3-2-4-13(19)8-12)7-17(23)22-18-15(9-20)14-5-6-21-10-16(14)24-18/h2-4,8,10-11,15,18H,5-7H2,1H3,(H,22,23). The summed E-state index contributed by atoms with van der Waals surface area (Å²) in [4.78, 5) is 17.7. The first kappa shape index (κ1) is 17.1. The van der Waals surface area contributed by atoms with Gasteiger partial charge in [-0.25, -0.2) is 0 Å². The van der Waals surface area contributed by atoms with Crippen LogP contribution in [0.25, 0.3) is 0 Å². The average Bonchev–Trinajstić information content (AvgIpc) is 2.91. The molecule has 2 aliphatic rings. The van der Waals surface area contributed by atoms with Crippen LogP contribution < -0.4 is 5.32 Å². The molecular formula is C18H18ClN3OS. The second-order valence-electron chi connectivity index (χ2n) is 6.05. The highest BCUT2D eigenvalue weighted by Gasteiger charge is 2.36. The van der Waals surface area contributed by atoms with Crippen molar-refractivity contribution in [2.45, 2.75) is 31.1 Å². The van der Waals surface area contributed by atoms with Gasteiger partial charge in [-0.1, -0.05) is 42.4 Å². The van der Waals surface area contributed by atoms with Crippen molar-refractivity contribution in [2.75, 3.05) is 6.54 Å². The number of hydrogen-bond acceptors (Lipinski definition) is 4. The Bertz CT molecular complexity index is 753. The molecule has 0 radical (unpaired) electrons. The molecule has 0 aliphatic carbocycles. The fourth-order valence-corrected chi connectivity index (χ4v) is 4.57. The van der Waals surface area contributed by atoms with Crippen LogP contribution >= 0.6 is 23.4 Å². The summed E-state index contributed by atoms with van der Waals surface area (Å²) in [5.41, 5.74) is 2.16. The Balaban J connectivity index is 1.61. The summed E-state index contributed by atoms with van der Waals surface area (Å²) in [6.07, 6.45) is 3.01. The summed E-state index contributed by atoms with van der Waals surface area (Å²) in [5.74, 6) is -0.237. The number of dihydropyridines is 1. The van der Waals surface area contributed by atoms with Crippen molar-refractivity contribution in [1.82, 2.24) is 5.32 Å². The molecule has 0 saturated heterocycles. The first-order chi connectivity index (χ1) is 11.6. The fraction of sp³-hybridized carbons (Fsp3) is 0.389. The number of nitrogens with one attached hydrogen (secondary N) is 1. The van der Waals surface area contributed by atoms with Crippen molar-refractivity contribution >= 4 is 35.5 Å². The molecular weight excluding hydrogens is 342 g/mol. The predicted molar refractivity (Wildman–Crippen MR) is 98.1 cm³/mol. The number of rotatable bonds is 4. The maximum atomic E-state index is 12.4. The lowest BCUT2D eigenvalue weighted by Gasteiger charge is -2.19. The third kappa shape index (κ3) is 3.66. The van der Waals surface area contributed by atoms with E-state index >= 15 is 0 Å². The van der Waals surface area contributed by atoms with E-state index in [1.165, 1.54) is 11.8 Å². The van der Waals surface area contributed by atoms with Gasteiger partial charge in [-0.3, -0.25) is 9.79 Å². The minimum atomic E-state index is -0.262. The first-order valence-electron chi connectivity index (χ1n) is 7.92. The van der Waals surface area contributed by atoms with E-state index in [4.69, 9.17) is 11.6 Å². The lowest BCUT2D eigenvalue weighted by Crippen LogP contribution is -2.36. The molecule has 124 valence electrons. The minimum absolute atomic E-state index is 0.0444. The van der Waals surface area contributed by atoms with E-state index in [2.05, 4.69) is 16.4 Å². The number of aliphatic imine (C=N–C) groups is 1. The van der Waals surface area contributed by atoms with Crippen molar-refractivity contribution in [3.8, 4) is 6.07 Å². The number of hydrogen-bond donors (Lipinski definition) is 1. The second-order valence-corrected chi connectivity index (χ2v) is 7.67. The fourth-order valence-electron chi connectivity index (χ4n) is 3.03. The van der Waals surface area contributed by atoms with E-state index in [1.54, 1.807) is 0 Å². The van der Waals surface area contributed by atoms with Gasteiger partial charge in [0.1, 0.15) is 0 Å². The number of carbonyl (C=O) groups is 1. The number of amides is 1. The second kappa shape index (κ2) is 7.42. The summed E-state index contributed by atoms with van der Waals surface area (Å²) in [6.45, 7) is 2.73. The number of thioether (sulfide) groups is 1. The molecule has 6 heteroatoms. The molecule has 1 amide bonds. The molecule has 1 aromatic carbocycles. The van der Waals surface area contributed by atoms with Crippen molar-refractivity contribution in [2.24, 2.45) is 10.9 Å².